The number of nitrogens with one attached hydrogen (secondary N) is 1. The number of esters is 1. The van der Waals surface area contributed by atoms with E-state index in [1.165, 1.54) is 19.2 Å². The highest BCUT2D eigenvalue weighted by Gasteiger charge is 2.16. The van der Waals surface area contributed by atoms with E-state index in [1.54, 1.807) is 18.3 Å². The third-order valence-corrected chi connectivity index (χ3v) is 7.03. The van der Waals surface area contributed by atoms with Crippen LogP contribution in [-0.2, 0) is 32.4 Å². The van der Waals surface area contributed by atoms with Crippen molar-refractivity contribution in [3.8, 4) is 0 Å². The fourth-order valence-electron chi connectivity index (χ4n) is 3.54. The number of carbonyl (C=O) groups is 1. The lowest BCUT2D eigenvalue weighted by Gasteiger charge is -2.15. The second-order valence-corrected chi connectivity index (χ2v) is 10.1. The molecule has 0 bridgehead atoms. The minimum atomic E-state index is -3.63. The van der Waals surface area contributed by atoms with E-state index in [-0.39, 0.29) is 29.7 Å². The van der Waals surface area contributed by atoms with Gasteiger partial charge in [-0.05, 0) is 71.3 Å². The molecular weight excluding hydrogens is 460 g/mol. The topological polar surface area (TPSA) is 85.4 Å². The number of hydrogen-bond acceptors (Lipinski definition) is 5. The summed E-state index contributed by atoms with van der Waals surface area (Å²) in [6, 6.07) is 16.1. The van der Waals surface area contributed by atoms with Gasteiger partial charge in [0.05, 0.1) is 18.4 Å². The van der Waals surface area contributed by atoms with Gasteiger partial charge in [0, 0.05) is 24.0 Å². The Bertz CT molecular complexity index is 1180. The Kier molecular flexibility index (Phi) is 8.61. The van der Waals surface area contributed by atoms with Crippen LogP contribution >= 0.6 is 11.6 Å². The SMILES string of the molecule is COC(=O)CC(C)c1cc(CCNS(=O)(=O)c2ccc(Cl)cc2)cc(Cc2cccnc2)c1. The molecule has 0 saturated heterocycles. The van der Waals surface area contributed by atoms with Crippen LogP contribution in [-0.4, -0.2) is 33.0 Å². The molecule has 0 aliphatic rings. The van der Waals surface area contributed by atoms with Crippen molar-refractivity contribution in [2.24, 2.45) is 0 Å². The summed E-state index contributed by atoms with van der Waals surface area (Å²) in [6.45, 7) is 2.22. The number of pyridine rings is 1. The molecule has 8 heteroatoms. The Morgan fingerprint density at radius 1 is 1.09 bits per heavy atom. The standard InChI is InChI=1S/C25H27ClN2O4S/c1-18(12-25(29)32-2)22-15-19(13-21(16-22)14-20-4-3-10-27-17-20)9-11-28-33(30,31)24-7-5-23(26)6-8-24/h3-8,10,13,15-18,28H,9,11-12,14H2,1-2H3. The van der Waals surface area contributed by atoms with E-state index in [9.17, 15) is 13.2 Å². The van der Waals surface area contributed by atoms with Gasteiger partial charge in [0.25, 0.3) is 0 Å². The zero-order valence-electron chi connectivity index (χ0n) is 18.6. The first-order valence-electron chi connectivity index (χ1n) is 10.6. The highest BCUT2D eigenvalue weighted by atomic mass is 35.5. The number of nitrogens with zero attached hydrogens (tertiary/aromatic N) is 1. The van der Waals surface area contributed by atoms with Gasteiger partial charge in [-0.2, -0.15) is 0 Å². The summed E-state index contributed by atoms with van der Waals surface area (Å²) in [4.78, 5) is 16.1. The fourth-order valence-corrected chi connectivity index (χ4v) is 4.70. The van der Waals surface area contributed by atoms with Crippen LogP contribution in [0.2, 0.25) is 5.02 Å². The van der Waals surface area contributed by atoms with E-state index in [4.69, 9.17) is 16.3 Å². The maximum absolute atomic E-state index is 12.6. The Labute approximate surface area is 200 Å². The zero-order chi connectivity index (χ0) is 23.8. The summed E-state index contributed by atoms with van der Waals surface area (Å²) in [5, 5.41) is 0.480. The number of methoxy groups -OCH3 is 1. The fraction of sp³-hybridized carbons (Fsp3) is 0.280. The summed E-state index contributed by atoms with van der Waals surface area (Å²) in [5.41, 5.74) is 4.15. The predicted octanol–water partition coefficient (Wildman–Crippen LogP) is 4.51. The molecule has 3 aromatic rings. The molecule has 0 radical (unpaired) electrons. The highest BCUT2D eigenvalue weighted by Crippen LogP contribution is 2.24. The molecule has 174 valence electrons. The van der Waals surface area contributed by atoms with E-state index < -0.39 is 10.0 Å². The van der Waals surface area contributed by atoms with Crippen molar-refractivity contribution >= 4 is 27.6 Å². The van der Waals surface area contributed by atoms with Crippen LogP contribution in [0.5, 0.6) is 0 Å². The Morgan fingerprint density at radius 3 is 2.48 bits per heavy atom. The van der Waals surface area contributed by atoms with Gasteiger partial charge in [0.15, 0.2) is 0 Å². The monoisotopic (exact) mass is 486 g/mol. The molecule has 0 amide bonds. The lowest BCUT2D eigenvalue weighted by Crippen LogP contribution is -2.26. The van der Waals surface area contributed by atoms with Gasteiger partial charge in [-0.3, -0.25) is 9.78 Å². The van der Waals surface area contributed by atoms with Gasteiger partial charge in [0.1, 0.15) is 0 Å². The second-order valence-electron chi connectivity index (χ2n) is 7.90. The summed E-state index contributed by atoms with van der Waals surface area (Å²) in [5.74, 6) is -0.298. The molecule has 0 saturated carbocycles. The normalized spacial score (nSPS) is 12.3. The van der Waals surface area contributed by atoms with Crippen LogP contribution in [0.15, 0.2) is 71.9 Å². The number of rotatable bonds is 10. The van der Waals surface area contributed by atoms with Crippen LogP contribution in [0.4, 0.5) is 0 Å². The van der Waals surface area contributed by atoms with E-state index in [2.05, 4.69) is 21.8 Å². The molecule has 0 aliphatic heterocycles. The third kappa shape index (κ3) is 7.39. The van der Waals surface area contributed by atoms with Crippen molar-refractivity contribution in [2.45, 2.75) is 37.0 Å². The summed E-state index contributed by atoms with van der Waals surface area (Å²) in [7, 11) is -2.25. The van der Waals surface area contributed by atoms with Gasteiger partial charge in [0.2, 0.25) is 10.0 Å². The van der Waals surface area contributed by atoms with Crippen molar-refractivity contribution in [1.82, 2.24) is 9.71 Å². The van der Waals surface area contributed by atoms with Crippen LogP contribution in [0, 0.1) is 0 Å². The molecule has 0 fully saturated rings. The molecule has 33 heavy (non-hydrogen) atoms. The van der Waals surface area contributed by atoms with E-state index in [1.807, 2.05) is 31.3 Å². The van der Waals surface area contributed by atoms with Gasteiger partial charge in [-0.1, -0.05) is 42.8 Å². The van der Waals surface area contributed by atoms with Crippen molar-refractivity contribution < 1.29 is 17.9 Å². The summed E-state index contributed by atoms with van der Waals surface area (Å²) < 4.78 is 32.6. The molecule has 2 aromatic carbocycles. The summed E-state index contributed by atoms with van der Waals surface area (Å²) in [6.07, 6.45) is 5.03. The lowest BCUT2D eigenvalue weighted by atomic mass is 9.91. The number of hydrogen-bond donors (Lipinski definition) is 1. The first-order chi connectivity index (χ1) is 15.8. The van der Waals surface area contributed by atoms with E-state index in [0.717, 1.165) is 22.3 Å². The van der Waals surface area contributed by atoms with Crippen molar-refractivity contribution in [3.63, 3.8) is 0 Å². The number of benzene rings is 2. The van der Waals surface area contributed by atoms with Crippen LogP contribution < -0.4 is 4.72 Å². The maximum Gasteiger partial charge on any atom is 0.306 e. The molecule has 1 aromatic heterocycles. The smallest absolute Gasteiger partial charge is 0.306 e. The minimum absolute atomic E-state index is 0.0317. The molecule has 0 spiro atoms. The number of halogens is 1. The molecule has 3 rings (SSSR count). The average molecular weight is 487 g/mol. The summed E-state index contributed by atoms with van der Waals surface area (Å²) >= 11 is 5.85. The molecule has 1 unspecified atom stereocenters. The predicted molar refractivity (Wildman–Crippen MR) is 129 cm³/mol. The van der Waals surface area contributed by atoms with Gasteiger partial charge in [-0.15, -0.1) is 0 Å². The van der Waals surface area contributed by atoms with E-state index in [0.29, 0.717) is 17.9 Å². The van der Waals surface area contributed by atoms with Crippen molar-refractivity contribution in [2.75, 3.05) is 13.7 Å². The molecular formula is C25H27ClN2O4S. The van der Waals surface area contributed by atoms with Crippen LogP contribution in [0.1, 0.15) is 41.5 Å². The van der Waals surface area contributed by atoms with Crippen LogP contribution in [0.3, 0.4) is 0 Å². The van der Waals surface area contributed by atoms with Gasteiger partial charge >= 0.3 is 5.97 Å². The maximum atomic E-state index is 12.6. The number of sulfonamides is 1. The largest absolute Gasteiger partial charge is 0.469 e. The Morgan fingerprint density at radius 2 is 1.82 bits per heavy atom. The van der Waals surface area contributed by atoms with Crippen molar-refractivity contribution in [3.05, 3.63) is 94.3 Å². The van der Waals surface area contributed by atoms with E-state index >= 15 is 0 Å². The lowest BCUT2D eigenvalue weighted by molar-refractivity contribution is -0.140. The molecule has 6 nitrogen and oxygen atoms in total. The Hall–Kier alpha value is -2.74. The average Bonchev–Trinajstić information content (AvgIpc) is 2.79. The van der Waals surface area contributed by atoms with Gasteiger partial charge < -0.3 is 4.74 Å². The molecule has 1 N–H and O–H groups in total. The molecule has 1 atom stereocenters. The first kappa shape index (κ1) is 24.9. The first-order valence-corrected chi connectivity index (χ1v) is 12.5. The molecule has 0 aliphatic carbocycles. The highest BCUT2D eigenvalue weighted by molar-refractivity contribution is 7.89. The Balaban J connectivity index is 1.77. The minimum Gasteiger partial charge on any atom is -0.469 e. The quantitative estimate of drug-likeness (QED) is 0.426. The molecule has 1 heterocycles. The second kappa shape index (κ2) is 11.4. The van der Waals surface area contributed by atoms with Gasteiger partial charge in [-0.25, -0.2) is 13.1 Å². The third-order valence-electron chi connectivity index (χ3n) is 5.31. The number of ether oxygens (including phenoxy) is 1. The number of carbonyl (C=O) groups excluding carboxylic acids is 1. The van der Waals surface area contributed by atoms with Crippen molar-refractivity contribution in [1.29, 1.82) is 0 Å². The number of aromatic nitrogens is 1. The van der Waals surface area contributed by atoms with Crippen LogP contribution in [0.25, 0.3) is 0 Å². The zero-order valence-corrected chi connectivity index (χ0v) is 20.2.